The lowest BCUT2D eigenvalue weighted by Gasteiger charge is -1.89. The molecular weight excluding hydrogens is 146 g/mol. The van der Waals surface area contributed by atoms with Crippen molar-refractivity contribution in [1.29, 1.82) is 0 Å². The predicted molar refractivity (Wildman–Crippen MR) is 52.9 cm³/mol. The Kier molecular flexibility index (Phi) is 2.81. The second-order valence-electron chi connectivity index (χ2n) is 2.72. The van der Waals surface area contributed by atoms with Gasteiger partial charge in [0.1, 0.15) is 0 Å². The normalized spacial score (nSPS) is 13.5. The van der Waals surface area contributed by atoms with E-state index in [1.807, 2.05) is 38.1 Å². The standard InChI is InChI=1S/C11H13N/c1-4-9(2)8-11-10(3)6-5-7-12-11/h4-8H,3H2,1-2H3/b9-4-,11-8+. The van der Waals surface area contributed by atoms with Crippen LogP contribution in [0.4, 0.5) is 0 Å². The molecule has 62 valence electrons. The lowest BCUT2D eigenvalue weighted by molar-refractivity contribution is 1.22. The third kappa shape index (κ3) is 2.06. The zero-order chi connectivity index (χ0) is 8.97. The first-order valence-corrected chi connectivity index (χ1v) is 3.98. The monoisotopic (exact) mass is 159 g/mol. The van der Waals surface area contributed by atoms with Crippen molar-refractivity contribution in [3.05, 3.63) is 40.5 Å². The fourth-order valence-corrected chi connectivity index (χ4v) is 0.880. The Morgan fingerprint density at radius 1 is 1.58 bits per heavy atom. The van der Waals surface area contributed by atoms with Crippen molar-refractivity contribution in [1.82, 2.24) is 4.98 Å². The number of rotatable bonds is 1. The average molecular weight is 159 g/mol. The highest BCUT2D eigenvalue weighted by molar-refractivity contribution is 5.43. The fourth-order valence-electron chi connectivity index (χ4n) is 0.880. The minimum Gasteiger partial charge on any atom is -0.256 e. The topological polar surface area (TPSA) is 12.9 Å². The summed E-state index contributed by atoms with van der Waals surface area (Å²) in [6, 6.07) is 3.85. The SMILES string of the molecule is C=c1cccn/c1=C/C(C)=C\C. The Balaban J connectivity index is 3.29. The molecule has 12 heavy (non-hydrogen) atoms. The molecule has 1 aromatic rings. The van der Waals surface area contributed by atoms with E-state index in [4.69, 9.17) is 0 Å². The molecule has 0 fully saturated rings. The van der Waals surface area contributed by atoms with Crippen molar-refractivity contribution < 1.29 is 0 Å². The molecule has 1 aromatic heterocycles. The number of hydrogen-bond donors (Lipinski definition) is 0. The Bertz CT molecular complexity index is 388. The van der Waals surface area contributed by atoms with Crippen molar-refractivity contribution >= 4 is 12.7 Å². The zero-order valence-corrected chi connectivity index (χ0v) is 7.54. The Hall–Kier alpha value is -1.37. The number of pyridine rings is 1. The van der Waals surface area contributed by atoms with Crippen LogP contribution in [-0.2, 0) is 0 Å². The van der Waals surface area contributed by atoms with Crippen LogP contribution >= 0.6 is 0 Å². The van der Waals surface area contributed by atoms with Gasteiger partial charge in [0, 0.05) is 6.20 Å². The van der Waals surface area contributed by atoms with E-state index in [0.29, 0.717) is 0 Å². The molecule has 1 rings (SSSR count). The van der Waals surface area contributed by atoms with E-state index in [1.54, 1.807) is 6.20 Å². The summed E-state index contributed by atoms with van der Waals surface area (Å²) in [4.78, 5) is 4.21. The summed E-state index contributed by atoms with van der Waals surface area (Å²) in [6.45, 7) is 7.95. The molecule has 1 nitrogen and oxygen atoms in total. The van der Waals surface area contributed by atoms with E-state index in [-0.39, 0.29) is 0 Å². The van der Waals surface area contributed by atoms with Crippen LogP contribution in [-0.4, -0.2) is 4.98 Å². The molecule has 0 N–H and O–H groups in total. The van der Waals surface area contributed by atoms with Gasteiger partial charge in [0.25, 0.3) is 0 Å². The molecule has 0 aromatic carbocycles. The first-order valence-electron chi connectivity index (χ1n) is 3.98. The first kappa shape index (κ1) is 8.72. The van der Waals surface area contributed by atoms with Crippen LogP contribution in [0.15, 0.2) is 30.0 Å². The molecule has 0 amide bonds. The van der Waals surface area contributed by atoms with Gasteiger partial charge in [0.15, 0.2) is 0 Å². The van der Waals surface area contributed by atoms with Gasteiger partial charge in [-0.25, -0.2) is 0 Å². The van der Waals surface area contributed by atoms with Crippen LogP contribution in [0, 0.1) is 0 Å². The molecule has 0 bridgehead atoms. The number of allylic oxidation sites excluding steroid dienone is 2. The molecule has 0 atom stereocenters. The molecule has 1 heteroatoms. The largest absolute Gasteiger partial charge is 0.256 e. The zero-order valence-electron chi connectivity index (χ0n) is 7.54. The minimum atomic E-state index is 0.952. The predicted octanol–water partition coefficient (Wildman–Crippen LogP) is 1.24. The summed E-state index contributed by atoms with van der Waals surface area (Å²) in [5.74, 6) is 0. The second-order valence-corrected chi connectivity index (χ2v) is 2.72. The Morgan fingerprint density at radius 3 is 2.92 bits per heavy atom. The summed E-state index contributed by atoms with van der Waals surface area (Å²) in [5.41, 5.74) is 1.21. The van der Waals surface area contributed by atoms with Gasteiger partial charge in [-0.3, -0.25) is 4.98 Å². The van der Waals surface area contributed by atoms with Gasteiger partial charge in [-0.2, -0.15) is 0 Å². The molecule has 0 aliphatic carbocycles. The van der Waals surface area contributed by atoms with Gasteiger partial charge in [0.2, 0.25) is 0 Å². The van der Waals surface area contributed by atoms with Crippen molar-refractivity contribution in [2.75, 3.05) is 0 Å². The lowest BCUT2D eigenvalue weighted by Crippen LogP contribution is -2.25. The molecule has 0 saturated heterocycles. The van der Waals surface area contributed by atoms with E-state index >= 15 is 0 Å². The maximum Gasteiger partial charge on any atom is 0.0698 e. The van der Waals surface area contributed by atoms with E-state index in [9.17, 15) is 0 Å². The third-order valence-electron chi connectivity index (χ3n) is 1.75. The van der Waals surface area contributed by atoms with Crippen molar-refractivity contribution in [2.24, 2.45) is 0 Å². The van der Waals surface area contributed by atoms with E-state index in [0.717, 1.165) is 10.6 Å². The summed E-state index contributed by atoms with van der Waals surface area (Å²) < 4.78 is 0. The molecule has 0 spiro atoms. The Morgan fingerprint density at radius 2 is 2.33 bits per heavy atom. The van der Waals surface area contributed by atoms with Gasteiger partial charge >= 0.3 is 0 Å². The van der Waals surface area contributed by atoms with Crippen molar-refractivity contribution in [2.45, 2.75) is 13.8 Å². The highest BCUT2D eigenvalue weighted by Crippen LogP contribution is 1.90. The molecule has 0 aliphatic heterocycles. The average Bonchev–Trinajstić information content (AvgIpc) is 2.09. The van der Waals surface area contributed by atoms with Gasteiger partial charge in [0.05, 0.1) is 5.35 Å². The first-order chi connectivity index (χ1) is 5.74. The van der Waals surface area contributed by atoms with E-state index in [1.165, 1.54) is 5.57 Å². The summed E-state index contributed by atoms with van der Waals surface area (Å²) in [7, 11) is 0. The molecule has 1 heterocycles. The van der Waals surface area contributed by atoms with Gasteiger partial charge in [-0.1, -0.05) is 24.3 Å². The number of nitrogens with zero attached hydrogens (tertiary/aromatic N) is 1. The van der Waals surface area contributed by atoms with Crippen molar-refractivity contribution in [3.8, 4) is 0 Å². The van der Waals surface area contributed by atoms with Crippen molar-refractivity contribution in [3.63, 3.8) is 0 Å². The van der Waals surface area contributed by atoms with Gasteiger partial charge < -0.3 is 0 Å². The molecular formula is C11H13N. The van der Waals surface area contributed by atoms with Crippen LogP contribution < -0.4 is 10.6 Å². The molecule has 0 radical (unpaired) electrons. The quantitative estimate of drug-likeness (QED) is 0.600. The van der Waals surface area contributed by atoms with Crippen LogP contribution in [0.1, 0.15) is 13.8 Å². The molecule has 0 saturated carbocycles. The maximum atomic E-state index is 4.21. The molecule has 0 aliphatic rings. The minimum absolute atomic E-state index is 0.952. The highest BCUT2D eigenvalue weighted by Gasteiger charge is 1.82. The van der Waals surface area contributed by atoms with Gasteiger partial charge in [-0.15, -0.1) is 0 Å². The van der Waals surface area contributed by atoms with E-state index < -0.39 is 0 Å². The fraction of sp³-hybridized carbons (Fsp3) is 0.182. The van der Waals surface area contributed by atoms with Crippen LogP contribution in [0.25, 0.3) is 12.7 Å². The summed E-state index contributed by atoms with van der Waals surface area (Å²) in [6.07, 6.45) is 5.86. The van der Waals surface area contributed by atoms with Crippen LogP contribution in [0.2, 0.25) is 0 Å². The second kappa shape index (κ2) is 3.86. The van der Waals surface area contributed by atoms with Crippen LogP contribution in [0.3, 0.4) is 0 Å². The number of aromatic nitrogens is 1. The van der Waals surface area contributed by atoms with Crippen LogP contribution in [0.5, 0.6) is 0 Å². The molecule has 0 unspecified atom stereocenters. The summed E-state index contributed by atoms with van der Waals surface area (Å²) in [5, 5.41) is 1.92. The van der Waals surface area contributed by atoms with Gasteiger partial charge in [-0.05, 0) is 31.2 Å². The third-order valence-corrected chi connectivity index (χ3v) is 1.75. The number of hydrogen-bond acceptors (Lipinski definition) is 1. The smallest absolute Gasteiger partial charge is 0.0698 e. The van der Waals surface area contributed by atoms with E-state index in [2.05, 4.69) is 11.6 Å². The Labute approximate surface area is 72.8 Å². The lowest BCUT2D eigenvalue weighted by atomic mass is 10.2. The summed E-state index contributed by atoms with van der Waals surface area (Å²) >= 11 is 0. The maximum absolute atomic E-state index is 4.21. The highest BCUT2D eigenvalue weighted by atomic mass is 14.6.